The van der Waals surface area contributed by atoms with Crippen LogP contribution in [0.1, 0.15) is 13.3 Å². The van der Waals surface area contributed by atoms with E-state index in [4.69, 9.17) is 0 Å². The summed E-state index contributed by atoms with van der Waals surface area (Å²) in [4.78, 5) is 10.8. The van der Waals surface area contributed by atoms with E-state index >= 15 is 0 Å². The van der Waals surface area contributed by atoms with Crippen LogP contribution < -0.4 is 5.32 Å². The van der Waals surface area contributed by atoms with Gasteiger partial charge in [0.25, 0.3) is 0 Å². The van der Waals surface area contributed by atoms with Crippen LogP contribution in [-0.4, -0.2) is 27.3 Å². The monoisotopic (exact) mass is 213 g/mol. The number of rotatable bonds is 2. The van der Waals surface area contributed by atoms with Crippen molar-refractivity contribution in [1.82, 2.24) is 5.32 Å². The number of amides is 1. The standard InChI is InChI=1S/C10H19NO2Si/c1-9(11-10(12)13-2)7-6-8-14(3,4)5/h9H,7H2,1-5H3,(H,11,12)/t9-/m1/s1. The Balaban J connectivity index is 3.89. The number of hydrogen-bond donors (Lipinski definition) is 1. The Labute approximate surface area is 87.2 Å². The molecule has 0 spiro atoms. The molecule has 3 nitrogen and oxygen atoms in total. The molecule has 0 aromatic rings. The number of alkyl carbamates (subject to hydrolysis) is 1. The summed E-state index contributed by atoms with van der Waals surface area (Å²) in [7, 11) is 0.0796. The molecular formula is C10H19NO2Si. The van der Waals surface area contributed by atoms with Crippen molar-refractivity contribution in [1.29, 1.82) is 0 Å². The molecular weight excluding hydrogens is 194 g/mol. The van der Waals surface area contributed by atoms with Crippen LogP contribution in [0.3, 0.4) is 0 Å². The maximum atomic E-state index is 10.8. The van der Waals surface area contributed by atoms with Crippen molar-refractivity contribution in [3.63, 3.8) is 0 Å². The van der Waals surface area contributed by atoms with E-state index in [2.05, 4.69) is 41.2 Å². The van der Waals surface area contributed by atoms with Crippen molar-refractivity contribution in [3.8, 4) is 11.5 Å². The van der Waals surface area contributed by atoms with E-state index < -0.39 is 14.2 Å². The molecule has 1 N–H and O–H groups in total. The fourth-order valence-corrected chi connectivity index (χ4v) is 1.41. The van der Waals surface area contributed by atoms with Gasteiger partial charge in [-0.25, -0.2) is 4.79 Å². The van der Waals surface area contributed by atoms with Gasteiger partial charge < -0.3 is 10.1 Å². The number of ether oxygens (including phenoxy) is 1. The first kappa shape index (κ1) is 13.0. The first-order valence-electron chi connectivity index (χ1n) is 4.69. The van der Waals surface area contributed by atoms with E-state index in [0.717, 1.165) is 0 Å². The lowest BCUT2D eigenvalue weighted by Gasteiger charge is -2.09. The van der Waals surface area contributed by atoms with Crippen LogP contribution in [0.5, 0.6) is 0 Å². The summed E-state index contributed by atoms with van der Waals surface area (Å²) in [5, 5.41) is 2.67. The molecule has 80 valence electrons. The molecule has 0 radical (unpaired) electrons. The molecule has 0 unspecified atom stereocenters. The molecule has 0 saturated carbocycles. The second-order valence-corrected chi connectivity index (χ2v) is 9.04. The van der Waals surface area contributed by atoms with Gasteiger partial charge in [0.1, 0.15) is 8.07 Å². The van der Waals surface area contributed by atoms with E-state index in [-0.39, 0.29) is 6.04 Å². The molecule has 1 amide bonds. The van der Waals surface area contributed by atoms with Gasteiger partial charge in [-0.15, -0.1) is 11.5 Å². The minimum atomic E-state index is -1.28. The normalized spacial score (nSPS) is 12.4. The third-order valence-electron chi connectivity index (χ3n) is 1.42. The molecule has 0 aliphatic carbocycles. The molecule has 0 aromatic carbocycles. The van der Waals surface area contributed by atoms with Crippen LogP contribution in [-0.2, 0) is 4.74 Å². The molecule has 0 fully saturated rings. The number of carbonyl (C=O) groups excluding carboxylic acids is 1. The smallest absolute Gasteiger partial charge is 0.407 e. The molecule has 0 aromatic heterocycles. The molecule has 0 aliphatic heterocycles. The Morgan fingerprint density at radius 1 is 1.50 bits per heavy atom. The predicted octanol–water partition coefficient (Wildman–Crippen LogP) is 2.00. The minimum Gasteiger partial charge on any atom is -0.453 e. The van der Waals surface area contributed by atoms with Crippen molar-refractivity contribution in [2.24, 2.45) is 0 Å². The first-order valence-corrected chi connectivity index (χ1v) is 8.19. The van der Waals surface area contributed by atoms with E-state index in [1.807, 2.05) is 6.92 Å². The number of methoxy groups -OCH3 is 1. The maximum absolute atomic E-state index is 10.8. The highest BCUT2D eigenvalue weighted by Crippen LogP contribution is 1.97. The van der Waals surface area contributed by atoms with Gasteiger partial charge in [-0.3, -0.25) is 0 Å². The molecule has 0 rings (SSSR count). The summed E-state index contributed by atoms with van der Waals surface area (Å²) in [6.07, 6.45) is 0.284. The summed E-state index contributed by atoms with van der Waals surface area (Å²) < 4.78 is 4.48. The molecule has 0 saturated heterocycles. The summed E-state index contributed by atoms with van der Waals surface area (Å²) in [5.74, 6) is 3.10. The van der Waals surface area contributed by atoms with Gasteiger partial charge in [-0.05, 0) is 6.92 Å². The maximum Gasteiger partial charge on any atom is 0.407 e. The Morgan fingerprint density at radius 3 is 2.50 bits per heavy atom. The quantitative estimate of drug-likeness (QED) is 0.563. The zero-order valence-electron chi connectivity index (χ0n) is 9.60. The summed E-state index contributed by atoms with van der Waals surface area (Å²) in [6, 6.07) is 0.0475. The van der Waals surface area contributed by atoms with Gasteiger partial charge in [0.2, 0.25) is 0 Å². The summed E-state index contributed by atoms with van der Waals surface area (Å²) >= 11 is 0. The SMILES string of the molecule is COC(=O)N[C@H](C)CC#C[Si](C)(C)C. The van der Waals surface area contributed by atoms with Crippen LogP contribution >= 0.6 is 0 Å². The highest BCUT2D eigenvalue weighted by molar-refractivity contribution is 6.83. The lowest BCUT2D eigenvalue weighted by atomic mass is 10.2. The lowest BCUT2D eigenvalue weighted by Crippen LogP contribution is -2.32. The van der Waals surface area contributed by atoms with E-state index in [0.29, 0.717) is 6.42 Å². The molecule has 0 bridgehead atoms. The Bertz CT molecular complexity index is 247. The van der Waals surface area contributed by atoms with E-state index in [1.54, 1.807) is 0 Å². The fourth-order valence-electron chi connectivity index (χ4n) is 0.780. The highest BCUT2D eigenvalue weighted by atomic mass is 28.3. The van der Waals surface area contributed by atoms with Crippen LogP contribution in [0, 0.1) is 11.5 Å². The molecule has 14 heavy (non-hydrogen) atoms. The topological polar surface area (TPSA) is 38.3 Å². The zero-order valence-corrected chi connectivity index (χ0v) is 10.6. The van der Waals surface area contributed by atoms with Gasteiger partial charge >= 0.3 is 6.09 Å². The Kier molecular flexibility index (Phi) is 5.32. The molecule has 0 heterocycles. The van der Waals surface area contributed by atoms with Crippen molar-refractivity contribution in [3.05, 3.63) is 0 Å². The third kappa shape index (κ3) is 7.68. The van der Waals surface area contributed by atoms with Crippen molar-refractivity contribution < 1.29 is 9.53 Å². The first-order chi connectivity index (χ1) is 6.35. The number of carbonyl (C=O) groups is 1. The largest absolute Gasteiger partial charge is 0.453 e. The van der Waals surface area contributed by atoms with Crippen LogP contribution in [0.4, 0.5) is 4.79 Å². The Hall–Kier alpha value is -0.953. The summed E-state index contributed by atoms with van der Waals surface area (Å²) in [5.41, 5.74) is 3.24. The van der Waals surface area contributed by atoms with Crippen LogP contribution in [0.25, 0.3) is 0 Å². The summed E-state index contributed by atoms with van der Waals surface area (Å²) in [6.45, 7) is 8.49. The highest BCUT2D eigenvalue weighted by Gasteiger charge is 2.08. The predicted molar refractivity (Wildman–Crippen MR) is 60.7 cm³/mol. The van der Waals surface area contributed by atoms with Crippen molar-refractivity contribution in [2.45, 2.75) is 39.0 Å². The average molecular weight is 213 g/mol. The van der Waals surface area contributed by atoms with Crippen molar-refractivity contribution >= 4 is 14.2 Å². The molecule has 0 aliphatic rings. The average Bonchev–Trinajstić information content (AvgIpc) is 2.01. The van der Waals surface area contributed by atoms with Gasteiger partial charge in [-0.2, -0.15) is 0 Å². The second kappa shape index (κ2) is 5.71. The molecule has 1 atom stereocenters. The van der Waals surface area contributed by atoms with Gasteiger partial charge in [-0.1, -0.05) is 19.6 Å². The Morgan fingerprint density at radius 2 is 2.07 bits per heavy atom. The van der Waals surface area contributed by atoms with Gasteiger partial charge in [0.05, 0.1) is 7.11 Å². The second-order valence-electron chi connectivity index (χ2n) is 4.29. The van der Waals surface area contributed by atoms with Crippen LogP contribution in [0.15, 0.2) is 0 Å². The van der Waals surface area contributed by atoms with Gasteiger partial charge in [0, 0.05) is 12.5 Å². The van der Waals surface area contributed by atoms with Gasteiger partial charge in [0.15, 0.2) is 0 Å². The zero-order chi connectivity index (χ0) is 11.2. The number of nitrogens with one attached hydrogen (secondary N) is 1. The lowest BCUT2D eigenvalue weighted by molar-refractivity contribution is 0.167. The third-order valence-corrected chi connectivity index (χ3v) is 2.35. The minimum absolute atomic E-state index is 0.0475. The van der Waals surface area contributed by atoms with Crippen molar-refractivity contribution in [2.75, 3.05) is 7.11 Å². The fraction of sp³-hybridized carbons (Fsp3) is 0.700. The van der Waals surface area contributed by atoms with E-state index in [1.165, 1.54) is 7.11 Å². The number of hydrogen-bond acceptors (Lipinski definition) is 2. The van der Waals surface area contributed by atoms with Crippen LogP contribution in [0.2, 0.25) is 19.6 Å². The van der Waals surface area contributed by atoms with E-state index in [9.17, 15) is 4.79 Å². The molecule has 4 heteroatoms.